The third-order valence-corrected chi connectivity index (χ3v) is 3.92. The van der Waals surface area contributed by atoms with Crippen LogP contribution < -0.4 is 5.32 Å². The highest BCUT2D eigenvalue weighted by molar-refractivity contribution is 5.85. The molecule has 3 rings (SSSR count). The number of nitrogens with one attached hydrogen (secondary N) is 1. The van der Waals surface area contributed by atoms with Crippen molar-refractivity contribution in [3.05, 3.63) is 48.0 Å². The minimum atomic E-state index is -0.991. The summed E-state index contributed by atoms with van der Waals surface area (Å²) in [5.41, 5.74) is 0.906. The number of hydrogen-bond acceptors (Lipinski definition) is 4. The summed E-state index contributed by atoms with van der Waals surface area (Å²) in [6.07, 6.45) is -1.72. The number of hydrogen-bond donors (Lipinski definition) is 3. The molecule has 0 saturated carbocycles. The van der Waals surface area contributed by atoms with Crippen LogP contribution in [0, 0.1) is 0 Å². The van der Waals surface area contributed by atoms with Gasteiger partial charge in [0.2, 0.25) is 5.91 Å². The van der Waals surface area contributed by atoms with E-state index in [1.807, 2.05) is 42.5 Å². The van der Waals surface area contributed by atoms with Crippen LogP contribution in [-0.2, 0) is 16.0 Å². The molecule has 1 heterocycles. The molecule has 0 aliphatic carbocycles. The second kappa shape index (κ2) is 6.44. The Kier molecular flexibility index (Phi) is 4.38. The summed E-state index contributed by atoms with van der Waals surface area (Å²) in [7, 11) is 0. The third kappa shape index (κ3) is 3.27. The number of aliphatic hydroxyl groups is 2. The van der Waals surface area contributed by atoms with Crippen LogP contribution >= 0.6 is 0 Å². The van der Waals surface area contributed by atoms with Crippen LogP contribution in [0.4, 0.5) is 0 Å². The van der Waals surface area contributed by atoms with E-state index < -0.39 is 18.2 Å². The molecule has 0 unspecified atom stereocenters. The summed E-state index contributed by atoms with van der Waals surface area (Å²) in [6.45, 7) is 0.305. The number of ether oxygens (including phenoxy) is 1. The molecule has 0 radical (unpaired) electrons. The van der Waals surface area contributed by atoms with E-state index in [0.29, 0.717) is 0 Å². The van der Waals surface area contributed by atoms with Gasteiger partial charge in [0.15, 0.2) is 0 Å². The van der Waals surface area contributed by atoms with Gasteiger partial charge in [-0.3, -0.25) is 4.79 Å². The number of fused-ring (bicyclic) bond motifs is 1. The average molecular weight is 301 g/mol. The van der Waals surface area contributed by atoms with Gasteiger partial charge in [-0.25, -0.2) is 0 Å². The van der Waals surface area contributed by atoms with Gasteiger partial charge in [-0.2, -0.15) is 0 Å². The first-order valence-corrected chi connectivity index (χ1v) is 7.34. The molecule has 0 aromatic heterocycles. The highest BCUT2D eigenvalue weighted by Crippen LogP contribution is 2.16. The fourth-order valence-electron chi connectivity index (χ4n) is 2.70. The molecule has 1 fully saturated rings. The smallest absolute Gasteiger partial charge is 0.224 e. The molecule has 0 bridgehead atoms. The summed E-state index contributed by atoms with van der Waals surface area (Å²) in [5.74, 6) is -0.197. The molecular weight excluding hydrogens is 282 g/mol. The van der Waals surface area contributed by atoms with Crippen LogP contribution in [0.5, 0.6) is 0 Å². The molecule has 5 heteroatoms. The van der Waals surface area contributed by atoms with E-state index in [-0.39, 0.29) is 25.5 Å². The van der Waals surface area contributed by atoms with E-state index in [9.17, 15) is 15.0 Å². The van der Waals surface area contributed by atoms with Gasteiger partial charge in [0.25, 0.3) is 0 Å². The maximum Gasteiger partial charge on any atom is 0.224 e. The summed E-state index contributed by atoms with van der Waals surface area (Å²) in [5, 5.41) is 24.3. The minimum Gasteiger partial charge on any atom is -0.388 e. The summed E-state index contributed by atoms with van der Waals surface area (Å²) < 4.78 is 5.15. The first kappa shape index (κ1) is 15.0. The molecule has 2 aromatic rings. The van der Waals surface area contributed by atoms with Crippen molar-refractivity contribution >= 4 is 16.7 Å². The van der Waals surface area contributed by atoms with E-state index in [4.69, 9.17) is 4.74 Å². The maximum atomic E-state index is 12.1. The van der Waals surface area contributed by atoms with Crippen molar-refractivity contribution in [1.29, 1.82) is 0 Å². The molecule has 1 saturated heterocycles. The second-order valence-electron chi connectivity index (χ2n) is 5.63. The quantitative estimate of drug-likeness (QED) is 0.776. The van der Waals surface area contributed by atoms with Crippen LogP contribution in [0.15, 0.2) is 42.5 Å². The molecule has 116 valence electrons. The van der Waals surface area contributed by atoms with E-state index in [0.717, 1.165) is 16.3 Å². The number of benzene rings is 2. The van der Waals surface area contributed by atoms with Crippen LogP contribution in [0.1, 0.15) is 5.56 Å². The molecule has 1 amide bonds. The van der Waals surface area contributed by atoms with Gasteiger partial charge < -0.3 is 20.3 Å². The Balaban J connectivity index is 1.65. The summed E-state index contributed by atoms with van der Waals surface area (Å²) in [6, 6.07) is 13.3. The zero-order valence-electron chi connectivity index (χ0n) is 12.1. The zero-order chi connectivity index (χ0) is 15.5. The van der Waals surface area contributed by atoms with Crippen LogP contribution in [0.25, 0.3) is 10.8 Å². The van der Waals surface area contributed by atoms with Gasteiger partial charge in [-0.1, -0.05) is 42.5 Å². The summed E-state index contributed by atoms with van der Waals surface area (Å²) in [4.78, 5) is 12.1. The molecule has 5 nitrogen and oxygen atoms in total. The van der Waals surface area contributed by atoms with Crippen LogP contribution in [0.2, 0.25) is 0 Å². The van der Waals surface area contributed by atoms with E-state index >= 15 is 0 Å². The van der Waals surface area contributed by atoms with Gasteiger partial charge in [0, 0.05) is 0 Å². The summed E-state index contributed by atoms with van der Waals surface area (Å²) >= 11 is 0. The predicted octanol–water partition coefficient (Wildman–Crippen LogP) is 0.619. The molecule has 3 N–H and O–H groups in total. The lowest BCUT2D eigenvalue weighted by atomic mass is 10.0. The first-order valence-electron chi connectivity index (χ1n) is 7.34. The Morgan fingerprint density at radius 1 is 1.14 bits per heavy atom. The van der Waals surface area contributed by atoms with Gasteiger partial charge in [0.05, 0.1) is 25.7 Å². The minimum absolute atomic E-state index is 0.0954. The monoisotopic (exact) mass is 301 g/mol. The fraction of sp³-hybridized carbons (Fsp3) is 0.353. The van der Waals surface area contributed by atoms with Crippen LogP contribution in [-0.4, -0.2) is 47.6 Å². The molecule has 1 aliphatic heterocycles. The van der Waals surface area contributed by atoms with Crippen molar-refractivity contribution in [2.45, 2.75) is 24.7 Å². The second-order valence-corrected chi connectivity index (χ2v) is 5.63. The molecule has 3 atom stereocenters. The lowest BCUT2D eigenvalue weighted by molar-refractivity contribution is -0.131. The van der Waals surface area contributed by atoms with E-state index in [1.165, 1.54) is 0 Å². The van der Waals surface area contributed by atoms with Crippen molar-refractivity contribution in [2.75, 3.05) is 13.2 Å². The van der Waals surface area contributed by atoms with Gasteiger partial charge >= 0.3 is 0 Å². The normalized spacial score (nSPS) is 25.1. The Morgan fingerprint density at radius 2 is 1.91 bits per heavy atom. The van der Waals surface area contributed by atoms with E-state index in [2.05, 4.69) is 5.32 Å². The number of carbonyl (C=O) groups excluding carboxylic acids is 1. The highest BCUT2D eigenvalue weighted by atomic mass is 16.5. The SMILES string of the molecule is O=C(Cc1ccc2ccccc2c1)N[C@@H]1COC[C@@H](O)[C@H]1O. The molecule has 0 spiro atoms. The predicted molar refractivity (Wildman–Crippen MR) is 82.4 cm³/mol. The van der Waals surface area contributed by atoms with Gasteiger partial charge in [-0.05, 0) is 16.3 Å². The lowest BCUT2D eigenvalue weighted by Crippen LogP contribution is -2.56. The van der Waals surface area contributed by atoms with Crippen molar-refractivity contribution in [3.63, 3.8) is 0 Å². The van der Waals surface area contributed by atoms with Crippen molar-refractivity contribution in [2.24, 2.45) is 0 Å². The lowest BCUT2D eigenvalue weighted by Gasteiger charge is -2.32. The fourth-order valence-corrected chi connectivity index (χ4v) is 2.70. The highest BCUT2D eigenvalue weighted by Gasteiger charge is 2.32. The van der Waals surface area contributed by atoms with Gasteiger partial charge in [-0.15, -0.1) is 0 Å². The van der Waals surface area contributed by atoms with Gasteiger partial charge in [0.1, 0.15) is 12.2 Å². The molecule has 1 aliphatic rings. The Hall–Kier alpha value is -1.95. The van der Waals surface area contributed by atoms with Crippen molar-refractivity contribution in [3.8, 4) is 0 Å². The standard InChI is InChI=1S/C17H19NO4/c19-15-10-22-9-14(17(15)21)18-16(20)8-11-5-6-12-3-1-2-4-13(12)7-11/h1-7,14-15,17,19,21H,8-10H2,(H,18,20)/t14-,15-,17+/m1/s1. The van der Waals surface area contributed by atoms with Crippen molar-refractivity contribution < 1.29 is 19.7 Å². The number of carbonyl (C=O) groups is 1. The number of rotatable bonds is 3. The maximum absolute atomic E-state index is 12.1. The number of amides is 1. The Bertz CT molecular complexity index is 673. The first-order chi connectivity index (χ1) is 10.6. The Labute approximate surface area is 128 Å². The third-order valence-electron chi connectivity index (χ3n) is 3.92. The zero-order valence-corrected chi connectivity index (χ0v) is 12.1. The largest absolute Gasteiger partial charge is 0.388 e. The Morgan fingerprint density at radius 3 is 2.73 bits per heavy atom. The molecule has 2 aromatic carbocycles. The average Bonchev–Trinajstić information content (AvgIpc) is 2.52. The number of aliphatic hydroxyl groups excluding tert-OH is 2. The van der Waals surface area contributed by atoms with E-state index in [1.54, 1.807) is 0 Å². The topological polar surface area (TPSA) is 78.8 Å². The molecular formula is C17H19NO4. The molecule has 22 heavy (non-hydrogen) atoms. The van der Waals surface area contributed by atoms with Crippen molar-refractivity contribution in [1.82, 2.24) is 5.32 Å². The van der Waals surface area contributed by atoms with Crippen LogP contribution in [0.3, 0.4) is 0 Å².